The van der Waals surface area contributed by atoms with E-state index in [0.717, 1.165) is 29.1 Å². The summed E-state index contributed by atoms with van der Waals surface area (Å²) in [4.78, 5) is 12.1. The average Bonchev–Trinajstić information content (AvgIpc) is 2.93. The molecule has 0 aliphatic carbocycles. The average molecular weight is 331 g/mol. The quantitative estimate of drug-likeness (QED) is 0.815. The minimum absolute atomic E-state index is 0.102. The van der Waals surface area contributed by atoms with Crippen molar-refractivity contribution in [3.05, 3.63) is 53.0 Å². The summed E-state index contributed by atoms with van der Waals surface area (Å²) >= 11 is 0. The number of hydrogen-bond acceptors (Lipinski definition) is 4. The minimum atomic E-state index is -0.788. The molecule has 0 aliphatic heterocycles. The first-order valence-corrected chi connectivity index (χ1v) is 8.22. The van der Waals surface area contributed by atoms with Crippen molar-refractivity contribution < 1.29 is 19.1 Å². The first-order valence-electron chi connectivity index (χ1n) is 8.22. The summed E-state index contributed by atoms with van der Waals surface area (Å²) in [5.74, 6) is 1.51. The third kappa shape index (κ3) is 4.61. The lowest BCUT2D eigenvalue weighted by Crippen LogP contribution is -2.28. The van der Waals surface area contributed by atoms with Gasteiger partial charge >= 0.3 is 0 Å². The van der Waals surface area contributed by atoms with Gasteiger partial charge in [-0.1, -0.05) is 19.1 Å². The maximum absolute atomic E-state index is 12.1. The Kier molecular flexibility index (Phi) is 6.04. The highest BCUT2D eigenvalue weighted by Gasteiger charge is 2.15. The zero-order valence-corrected chi connectivity index (χ0v) is 14.6. The highest BCUT2D eigenvalue weighted by atomic mass is 16.5. The topological polar surface area (TPSA) is 71.7 Å². The van der Waals surface area contributed by atoms with Gasteiger partial charge in [0.2, 0.25) is 0 Å². The highest BCUT2D eigenvalue weighted by molar-refractivity contribution is 5.91. The Bertz CT molecular complexity index is 673. The van der Waals surface area contributed by atoms with E-state index in [1.807, 2.05) is 39.8 Å². The van der Waals surface area contributed by atoms with Gasteiger partial charge in [0.1, 0.15) is 11.5 Å². The number of aliphatic hydroxyl groups excluding tert-OH is 1. The second kappa shape index (κ2) is 8.02. The van der Waals surface area contributed by atoms with E-state index in [9.17, 15) is 9.90 Å². The van der Waals surface area contributed by atoms with E-state index in [4.69, 9.17) is 9.15 Å². The van der Waals surface area contributed by atoms with E-state index in [1.54, 1.807) is 18.2 Å². The van der Waals surface area contributed by atoms with Gasteiger partial charge in [0.05, 0.1) is 12.2 Å². The number of carbonyl (C=O) groups excluding carboxylic acids is 1. The predicted octanol–water partition coefficient (Wildman–Crippen LogP) is 3.40. The standard InChI is InChI=1S/C19H25NO4/c1-5-17-13(4)10-18(24-17)19(22)20-11-16(21)14-6-8-15(9-7-14)23-12(2)3/h6-10,12,16,21H,5,11H2,1-4H3,(H,20,22). The summed E-state index contributed by atoms with van der Waals surface area (Å²) in [5.41, 5.74) is 1.68. The van der Waals surface area contributed by atoms with Gasteiger partial charge in [0.25, 0.3) is 5.91 Å². The fourth-order valence-electron chi connectivity index (χ4n) is 2.42. The number of aryl methyl sites for hydroxylation is 2. The van der Waals surface area contributed by atoms with E-state index in [2.05, 4.69) is 5.32 Å². The number of hydrogen-bond donors (Lipinski definition) is 2. The molecule has 5 heteroatoms. The molecule has 0 spiro atoms. The lowest BCUT2D eigenvalue weighted by Gasteiger charge is -2.14. The van der Waals surface area contributed by atoms with Crippen LogP contribution in [0, 0.1) is 6.92 Å². The van der Waals surface area contributed by atoms with Crippen LogP contribution in [0.15, 0.2) is 34.7 Å². The summed E-state index contributed by atoms with van der Waals surface area (Å²) in [7, 11) is 0. The second-order valence-corrected chi connectivity index (χ2v) is 6.03. The summed E-state index contributed by atoms with van der Waals surface area (Å²) in [5, 5.41) is 12.9. The van der Waals surface area contributed by atoms with Gasteiger partial charge in [0, 0.05) is 13.0 Å². The Hall–Kier alpha value is -2.27. The SMILES string of the molecule is CCc1oc(C(=O)NCC(O)c2ccc(OC(C)C)cc2)cc1C. The van der Waals surface area contributed by atoms with Crippen molar-refractivity contribution >= 4 is 5.91 Å². The molecule has 2 N–H and O–H groups in total. The van der Waals surface area contributed by atoms with Crippen LogP contribution in [0.2, 0.25) is 0 Å². The molecule has 1 amide bonds. The van der Waals surface area contributed by atoms with Gasteiger partial charge in [-0.2, -0.15) is 0 Å². The van der Waals surface area contributed by atoms with Gasteiger partial charge in [0.15, 0.2) is 5.76 Å². The summed E-state index contributed by atoms with van der Waals surface area (Å²) in [6.45, 7) is 7.92. The van der Waals surface area contributed by atoms with Gasteiger partial charge < -0.3 is 19.6 Å². The lowest BCUT2D eigenvalue weighted by atomic mass is 10.1. The first-order chi connectivity index (χ1) is 11.4. The van der Waals surface area contributed by atoms with Crippen molar-refractivity contribution in [3.8, 4) is 5.75 Å². The Morgan fingerprint density at radius 1 is 1.29 bits per heavy atom. The van der Waals surface area contributed by atoms with Crippen molar-refractivity contribution in [1.29, 1.82) is 0 Å². The zero-order valence-electron chi connectivity index (χ0n) is 14.6. The van der Waals surface area contributed by atoms with E-state index in [0.29, 0.717) is 0 Å². The Labute approximate surface area is 142 Å². The van der Waals surface area contributed by atoms with Gasteiger partial charge in [-0.15, -0.1) is 0 Å². The predicted molar refractivity (Wildman–Crippen MR) is 92.3 cm³/mol. The van der Waals surface area contributed by atoms with E-state index >= 15 is 0 Å². The molecule has 1 heterocycles. The molecule has 1 atom stereocenters. The molecular formula is C19H25NO4. The molecule has 1 aromatic heterocycles. The summed E-state index contributed by atoms with van der Waals surface area (Å²) < 4.78 is 11.1. The number of furan rings is 1. The molecule has 1 unspecified atom stereocenters. The van der Waals surface area contributed by atoms with Crippen molar-refractivity contribution in [2.24, 2.45) is 0 Å². The van der Waals surface area contributed by atoms with Gasteiger partial charge in [-0.3, -0.25) is 4.79 Å². The first kappa shape index (κ1) is 18.1. The van der Waals surface area contributed by atoms with Crippen LogP contribution in [0.3, 0.4) is 0 Å². The number of aliphatic hydroxyl groups is 1. The number of benzene rings is 1. The summed E-state index contributed by atoms with van der Waals surface area (Å²) in [6, 6.07) is 8.92. The number of rotatable bonds is 7. The monoisotopic (exact) mass is 331 g/mol. The fraction of sp³-hybridized carbons (Fsp3) is 0.421. The van der Waals surface area contributed by atoms with Crippen LogP contribution in [-0.2, 0) is 6.42 Å². The van der Waals surface area contributed by atoms with Crippen LogP contribution >= 0.6 is 0 Å². The number of carbonyl (C=O) groups is 1. The van der Waals surface area contributed by atoms with E-state index < -0.39 is 6.10 Å². The molecule has 1 aromatic carbocycles. The Balaban J connectivity index is 1.92. The minimum Gasteiger partial charge on any atom is -0.491 e. The maximum Gasteiger partial charge on any atom is 0.287 e. The van der Waals surface area contributed by atoms with Crippen LogP contribution in [0.1, 0.15) is 54.3 Å². The largest absolute Gasteiger partial charge is 0.491 e. The number of amides is 1. The van der Waals surface area contributed by atoms with Crippen LogP contribution in [-0.4, -0.2) is 23.7 Å². The van der Waals surface area contributed by atoms with Gasteiger partial charge in [-0.25, -0.2) is 0 Å². The molecule has 2 rings (SSSR count). The smallest absolute Gasteiger partial charge is 0.287 e. The molecule has 2 aromatic rings. The van der Waals surface area contributed by atoms with Crippen LogP contribution in [0.25, 0.3) is 0 Å². The van der Waals surface area contributed by atoms with Crippen LogP contribution < -0.4 is 10.1 Å². The zero-order chi connectivity index (χ0) is 17.7. The molecule has 5 nitrogen and oxygen atoms in total. The fourth-order valence-corrected chi connectivity index (χ4v) is 2.42. The van der Waals surface area contributed by atoms with Crippen LogP contribution in [0.5, 0.6) is 5.75 Å². The lowest BCUT2D eigenvalue weighted by molar-refractivity contribution is 0.0887. The van der Waals surface area contributed by atoms with Crippen molar-refractivity contribution in [2.75, 3.05) is 6.54 Å². The maximum atomic E-state index is 12.1. The normalized spacial score (nSPS) is 12.2. The Morgan fingerprint density at radius 2 is 1.96 bits per heavy atom. The molecule has 0 bridgehead atoms. The Morgan fingerprint density at radius 3 is 2.50 bits per heavy atom. The second-order valence-electron chi connectivity index (χ2n) is 6.03. The summed E-state index contributed by atoms with van der Waals surface area (Å²) in [6.07, 6.45) is 0.0561. The molecule has 0 saturated heterocycles. The van der Waals surface area contributed by atoms with E-state index in [-0.39, 0.29) is 24.3 Å². The molecule has 0 fully saturated rings. The molecule has 24 heavy (non-hydrogen) atoms. The molecular weight excluding hydrogens is 306 g/mol. The molecule has 0 saturated carbocycles. The molecule has 0 radical (unpaired) electrons. The van der Waals surface area contributed by atoms with E-state index in [1.165, 1.54) is 0 Å². The molecule has 130 valence electrons. The third-order valence-corrected chi connectivity index (χ3v) is 3.66. The van der Waals surface area contributed by atoms with Gasteiger partial charge in [-0.05, 0) is 50.1 Å². The van der Waals surface area contributed by atoms with Crippen molar-refractivity contribution in [1.82, 2.24) is 5.32 Å². The third-order valence-electron chi connectivity index (χ3n) is 3.66. The van der Waals surface area contributed by atoms with Crippen LogP contribution in [0.4, 0.5) is 0 Å². The molecule has 0 aliphatic rings. The number of nitrogens with one attached hydrogen (secondary N) is 1. The number of ether oxygens (including phenoxy) is 1. The van der Waals surface area contributed by atoms with Crippen molar-refractivity contribution in [3.63, 3.8) is 0 Å². The highest BCUT2D eigenvalue weighted by Crippen LogP contribution is 2.19. The van der Waals surface area contributed by atoms with Crippen molar-refractivity contribution in [2.45, 2.75) is 46.3 Å².